The molecule has 1 aliphatic rings. The van der Waals surface area contributed by atoms with Crippen molar-refractivity contribution in [2.24, 2.45) is 0 Å². The fraction of sp³-hybridized carbons (Fsp3) is 0.471. The molecule has 4 heteroatoms. The minimum Gasteiger partial charge on any atom is -0.462 e. The van der Waals surface area contributed by atoms with Gasteiger partial charge < -0.3 is 14.6 Å². The second-order valence-corrected chi connectivity index (χ2v) is 6.03. The van der Waals surface area contributed by atoms with E-state index in [2.05, 4.69) is 29.6 Å². The molecule has 1 aliphatic carbocycles. The smallest absolute Gasteiger partial charge is 0.326 e. The largest absolute Gasteiger partial charge is 0.462 e. The lowest BCUT2D eigenvalue weighted by Crippen LogP contribution is -2.17. The van der Waals surface area contributed by atoms with Crippen LogP contribution in [-0.2, 0) is 22.6 Å². The first-order valence-electron chi connectivity index (χ1n) is 7.62. The minimum atomic E-state index is -0.193. The van der Waals surface area contributed by atoms with E-state index in [9.17, 15) is 4.79 Å². The van der Waals surface area contributed by atoms with Gasteiger partial charge in [0.1, 0.15) is 6.54 Å². The molecule has 0 spiro atoms. The van der Waals surface area contributed by atoms with E-state index < -0.39 is 0 Å². The predicted octanol–water partition coefficient (Wildman–Crippen LogP) is 2.84. The first-order chi connectivity index (χ1) is 10.1. The molecule has 0 saturated heterocycles. The highest BCUT2D eigenvalue weighted by atomic mass is 16.5. The van der Waals surface area contributed by atoms with Crippen LogP contribution in [0.15, 0.2) is 30.5 Å². The van der Waals surface area contributed by atoms with Gasteiger partial charge in [0, 0.05) is 24.3 Å². The SMILES string of the molecule is CC(C)OC(=O)Cn1ccc2cc(CNC3CC3)ccc21. The standard InChI is InChI=1S/C17H22N2O2/c1-12(2)21-17(20)11-19-8-7-14-9-13(3-6-16(14)19)10-18-15-4-5-15/h3,6-9,12,15,18H,4-5,10-11H2,1-2H3. The van der Waals surface area contributed by atoms with Gasteiger partial charge in [-0.05, 0) is 55.8 Å². The molecule has 1 heterocycles. The molecule has 4 nitrogen and oxygen atoms in total. The normalized spacial score (nSPS) is 14.8. The van der Waals surface area contributed by atoms with Crippen LogP contribution in [0.3, 0.4) is 0 Å². The lowest BCUT2D eigenvalue weighted by atomic mass is 10.1. The average molecular weight is 286 g/mol. The fourth-order valence-corrected chi connectivity index (χ4v) is 2.49. The summed E-state index contributed by atoms with van der Waals surface area (Å²) in [5.41, 5.74) is 2.36. The summed E-state index contributed by atoms with van der Waals surface area (Å²) in [6, 6.07) is 9.17. The molecule has 1 aromatic heterocycles. The Kier molecular flexibility index (Phi) is 3.97. The number of hydrogen-bond acceptors (Lipinski definition) is 3. The summed E-state index contributed by atoms with van der Waals surface area (Å²) in [4.78, 5) is 11.8. The summed E-state index contributed by atoms with van der Waals surface area (Å²) < 4.78 is 7.14. The Bertz CT molecular complexity index is 641. The number of esters is 1. The number of nitrogens with one attached hydrogen (secondary N) is 1. The highest BCUT2D eigenvalue weighted by Crippen LogP contribution is 2.21. The highest BCUT2D eigenvalue weighted by molar-refractivity contribution is 5.82. The van der Waals surface area contributed by atoms with Crippen LogP contribution in [-0.4, -0.2) is 22.7 Å². The summed E-state index contributed by atoms with van der Waals surface area (Å²) >= 11 is 0. The van der Waals surface area contributed by atoms with Crippen LogP contribution in [0.1, 0.15) is 32.3 Å². The van der Waals surface area contributed by atoms with Crippen molar-refractivity contribution in [3.05, 3.63) is 36.0 Å². The zero-order valence-electron chi connectivity index (χ0n) is 12.6. The van der Waals surface area contributed by atoms with Crippen molar-refractivity contribution in [2.45, 2.75) is 51.9 Å². The number of fused-ring (bicyclic) bond motifs is 1. The first-order valence-corrected chi connectivity index (χ1v) is 7.62. The molecule has 2 aromatic rings. The Balaban J connectivity index is 1.70. The topological polar surface area (TPSA) is 43.3 Å². The van der Waals surface area contributed by atoms with Gasteiger partial charge in [0.2, 0.25) is 0 Å². The zero-order chi connectivity index (χ0) is 14.8. The fourth-order valence-electron chi connectivity index (χ4n) is 2.49. The van der Waals surface area contributed by atoms with Crippen LogP contribution in [0.5, 0.6) is 0 Å². The molecule has 1 aromatic carbocycles. The quantitative estimate of drug-likeness (QED) is 0.830. The molecule has 1 saturated carbocycles. The number of rotatable bonds is 6. The number of carbonyl (C=O) groups excluding carboxylic acids is 1. The third kappa shape index (κ3) is 3.64. The minimum absolute atomic E-state index is 0.0700. The molecule has 0 aliphatic heterocycles. The number of benzene rings is 1. The molecule has 21 heavy (non-hydrogen) atoms. The van der Waals surface area contributed by atoms with E-state index >= 15 is 0 Å². The highest BCUT2D eigenvalue weighted by Gasteiger charge is 2.20. The second kappa shape index (κ2) is 5.90. The maximum Gasteiger partial charge on any atom is 0.326 e. The van der Waals surface area contributed by atoms with Crippen LogP contribution >= 0.6 is 0 Å². The van der Waals surface area contributed by atoms with Gasteiger partial charge >= 0.3 is 5.97 Å². The van der Waals surface area contributed by atoms with E-state index in [1.807, 2.05) is 24.6 Å². The van der Waals surface area contributed by atoms with Gasteiger partial charge in [-0.15, -0.1) is 0 Å². The zero-order valence-corrected chi connectivity index (χ0v) is 12.6. The van der Waals surface area contributed by atoms with E-state index in [1.54, 1.807) is 0 Å². The number of nitrogens with zero attached hydrogens (tertiary/aromatic N) is 1. The average Bonchev–Trinajstić information content (AvgIpc) is 3.18. The van der Waals surface area contributed by atoms with Crippen LogP contribution < -0.4 is 5.32 Å². The molecule has 0 bridgehead atoms. The molecule has 3 rings (SSSR count). The van der Waals surface area contributed by atoms with Gasteiger partial charge in [-0.2, -0.15) is 0 Å². The summed E-state index contributed by atoms with van der Waals surface area (Å²) in [6.45, 7) is 4.91. The van der Waals surface area contributed by atoms with Crippen molar-refractivity contribution in [1.29, 1.82) is 0 Å². The summed E-state index contributed by atoms with van der Waals surface area (Å²) in [6.07, 6.45) is 4.48. The maximum atomic E-state index is 11.8. The Morgan fingerprint density at radius 2 is 2.19 bits per heavy atom. The number of aromatic nitrogens is 1. The van der Waals surface area contributed by atoms with Crippen molar-refractivity contribution >= 4 is 16.9 Å². The molecule has 0 atom stereocenters. The predicted molar refractivity (Wildman–Crippen MR) is 83.0 cm³/mol. The molecule has 1 fully saturated rings. The van der Waals surface area contributed by atoms with Gasteiger partial charge in [-0.3, -0.25) is 4.79 Å². The third-order valence-corrected chi connectivity index (χ3v) is 3.67. The van der Waals surface area contributed by atoms with Crippen LogP contribution in [0.4, 0.5) is 0 Å². The van der Waals surface area contributed by atoms with E-state index in [4.69, 9.17) is 4.74 Å². The van der Waals surface area contributed by atoms with Crippen LogP contribution in [0, 0.1) is 0 Å². The number of hydrogen-bond donors (Lipinski definition) is 1. The van der Waals surface area contributed by atoms with Crippen molar-refractivity contribution in [1.82, 2.24) is 9.88 Å². The Labute approximate surface area is 125 Å². The molecular weight excluding hydrogens is 264 g/mol. The number of carbonyl (C=O) groups is 1. The van der Waals surface area contributed by atoms with Gasteiger partial charge in [-0.1, -0.05) is 6.07 Å². The molecule has 1 N–H and O–H groups in total. The van der Waals surface area contributed by atoms with Crippen molar-refractivity contribution in [3.8, 4) is 0 Å². The van der Waals surface area contributed by atoms with Gasteiger partial charge in [0.15, 0.2) is 0 Å². The Morgan fingerprint density at radius 3 is 2.90 bits per heavy atom. The van der Waals surface area contributed by atoms with E-state index in [1.165, 1.54) is 23.8 Å². The van der Waals surface area contributed by atoms with Gasteiger partial charge in [-0.25, -0.2) is 0 Å². The maximum absolute atomic E-state index is 11.8. The second-order valence-electron chi connectivity index (χ2n) is 6.03. The van der Waals surface area contributed by atoms with Crippen molar-refractivity contribution < 1.29 is 9.53 Å². The summed E-state index contributed by atoms with van der Waals surface area (Å²) in [5, 5.41) is 4.69. The first kappa shape index (κ1) is 14.1. The van der Waals surface area contributed by atoms with Gasteiger partial charge in [0.25, 0.3) is 0 Å². The molecule has 112 valence electrons. The van der Waals surface area contributed by atoms with Crippen LogP contribution in [0.2, 0.25) is 0 Å². The van der Waals surface area contributed by atoms with Gasteiger partial charge in [0.05, 0.1) is 6.10 Å². The summed E-state index contributed by atoms with van der Waals surface area (Å²) in [7, 11) is 0. The van der Waals surface area contributed by atoms with Crippen molar-refractivity contribution in [2.75, 3.05) is 0 Å². The third-order valence-electron chi connectivity index (χ3n) is 3.67. The molecule has 0 radical (unpaired) electrons. The lowest BCUT2D eigenvalue weighted by Gasteiger charge is -2.09. The summed E-state index contributed by atoms with van der Waals surface area (Å²) in [5.74, 6) is -0.193. The Morgan fingerprint density at radius 1 is 1.38 bits per heavy atom. The molecule has 0 amide bonds. The van der Waals surface area contributed by atoms with E-state index in [-0.39, 0.29) is 18.6 Å². The lowest BCUT2D eigenvalue weighted by molar-refractivity contribution is -0.148. The van der Waals surface area contributed by atoms with E-state index in [0.717, 1.165) is 18.1 Å². The molecular formula is C17H22N2O2. The van der Waals surface area contributed by atoms with Crippen LogP contribution in [0.25, 0.3) is 10.9 Å². The Hall–Kier alpha value is -1.81. The van der Waals surface area contributed by atoms with E-state index in [0.29, 0.717) is 0 Å². The monoisotopic (exact) mass is 286 g/mol. The number of ether oxygens (including phenoxy) is 1. The molecule has 0 unspecified atom stereocenters. The van der Waals surface area contributed by atoms with Crippen molar-refractivity contribution in [3.63, 3.8) is 0 Å².